The summed E-state index contributed by atoms with van der Waals surface area (Å²) in [4.78, 5) is 2.64. The van der Waals surface area contributed by atoms with Crippen molar-refractivity contribution < 1.29 is 9.47 Å². The van der Waals surface area contributed by atoms with Crippen LogP contribution in [0.4, 0.5) is 0 Å². The Morgan fingerprint density at radius 2 is 2.06 bits per heavy atom. The molecule has 2 aliphatic rings. The molecule has 4 heteroatoms. The van der Waals surface area contributed by atoms with Gasteiger partial charge >= 0.3 is 0 Å². The molecule has 0 aromatic heterocycles. The Hall–Kier alpha value is -0.160. The number of nitrogens with one attached hydrogen (secondary N) is 1. The predicted molar refractivity (Wildman–Crippen MR) is 72.9 cm³/mol. The second-order valence-corrected chi connectivity index (χ2v) is 5.84. The lowest BCUT2D eigenvalue weighted by Crippen LogP contribution is -2.48. The second kappa shape index (κ2) is 6.85. The average Bonchev–Trinajstić information content (AvgIpc) is 3.20. The van der Waals surface area contributed by atoms with Crippen molar-refractivity contribution in [2.45, 2.75) is 31.7 Å². The van der Waals surface area contributed by atoms with Crippen LogP contribution in [0.15, 0.2) is 0 Å². The summed E-state index contributed by atoms with van der Waals surface area (Å²) in [6.45, 7) is 6.07. The highest BCUT2D eigenvalue weighted by Gasteiger charge is 2.38. The Kier molecular flexibility index (Phi) is 5.42. The summed E-state index contributed by atoms with van der Waals surface area (Å²) in [6.07, 6.45) is 5.11. The van der Waals surface area contributed by atoms with Crippen molar-refractivity contribution >= 4 is 0 Å². The van der Waals surface area contributed by atoms with Gasteiger partial charge in [0.1, 0.15) is 0 Å². The monoisotopic (exact) mass is 256 g/mol. The van der Waals surface area contributed by atoms with Crippen LogP contribution in [-0.2, 0) is 9.47 Å². The Morgan fingerprint density at radius 3 is 2.61 bits per heavy atom. The summed E-state index contributed by atoms with van der Waals surface area (Å²) >= 11 is 0. The van der Waals surface area contributed by atoms with Crippen LogP contribution in [0.25, 0.3) is 0 Å². The molecule has 0 spiro atoms. The van der Waals surface area contributed by atoms with Gasteiger partial charge in [0.25, 0.3) is 0 Å². The van der Waals surface area contributed by atoms with E-state index in [9.17, 15) is 0 Å². The molecule has 0 atom stereocenters. The highest BCUT2D eigenvalue weighted by Crippen LogP contribution is 2.35. The Labute approximate surface area is 111 Å². The number of hydrogen-bond donors (Lipinski definition) is 1. The first kappa shape index (κ1) is 14.3. The highest BCUT2D eigenvalue weighted by molar-refractivity contribution is 4.92. The van der Waals surface area contributed by atoms with Crippen molar-refractivity contribution in [2.24, 2.45) is 5.41 Å². The van der Waals surface area contributed by atoms with E-state index in [1.807, 2.05) is 0 Å². The fraction of sp³-hybridized carbons (Fsp3) is 1.00. The van der Waals surface area contributed by atoms with Crippen LogP contribution in [-0.4, -0.2) is 64.6 Å². The van der Waals surface area contributed by atoms with Gasteiger partial charge in [-0.3, -0.25) is 4.90 Å². The van der Waals surface area contributed by atoms with Gasteiger partial charge < -0.3 is 14.8 Å². The smallest absolute Gasteiger partial charge is 0.0589 e. The molecule has 2 rings (SSSR count). The van der Waals surface area contributed by atoms with E-state index >= 15 is 0 Å². The van der Waals surface area contributed by atoms with Crippen LogP contribution >= 0.6 is 0 Å². The zero-order valence-electron chi connectivity index (χ0n) is 11.9. The first-order valence-corrected chi connectivity index (χ1v) is 7.25. The van der Waals surface area contributed by atoms with E-state index < -0.39 is 0 Å². The molecular formula is C14H28N2O2. The molecule has 1 N–H and O–H groups in total. The largest absolute Gasteiger partial charge is 0.383 e. The number of nitrogens with zero attached hydrogens (tertiary/aromatic N) is 1. The van der Waals surface area contributed by atoms with Crippen LogP contribution in [0, 0.1) is 5.41 Å². The number of ether oxygens (including phenoxy) is 2. The maximum Gasteiger partial charge on any atom is 0.0589 e. The number of rotatable bonds is 8. The molecule has 2 fully saturated rings. The van der Waals surface area contributed by atoms with Gasteiger partial charge in [-0.15, -0.1) is 0 Å². The van der Waals surface area contributed by atoms with Gasteiger partial charge in [0.15, 0.2) is 0 Å². The summed E-state index contributed by atoms with van der Waals surface area (Å²) in [5.41, 5.74) is 0.406. The molecule has 18 heavy (non-hydrogen) atoms. The maximum atomic E-state index is 5.54. The summed E-state index contributed by atoms with van der Waals surface area (Å²) in [5, 5.41) is 3.39. The summed E-state index contributed by atoms with van der Waals surface area (Å²) in [5.74, 6) is 0. The van der Waals surface area contributed by atoms with Crippen molar-refractivity contribution in [1.29, 1.82) is 0 Å². The van der Waals surface area contributed by atoms with E-state index in [-0.39, 0.29) is 0 Å². The van der Waals surface area contributed by atoms with E-state index in [2.05, 4.69) is 17.3 Å². The predicted octanol–water partition coefficient (Wildman–Crippen LogP) is 1.11. The van der Waals surface area contributed by atoms with Crippen LogP contribution in [0.2, 0.25) is 0 Å². The standard InChI is InChI=1S/C14H28N2O2/c1-15-11-14(5-8-18-9-6-14)12-16(7-10-17-2)13-3-4-13/h13,15H,3-12H2,1-2H3. The fourth-order valence-electron chi connectivity index (χ4n) is 3.04. The topological polar surface area (TPSA) is 33.7 Å². The molecule has 0 aromatic carbocycles. The van der Waals surface area contributed by atoms with Gasteiger partial charge in [0.2, 0.25) is 0 Å². The average molecular weight is 256 g/mol. The van der Waals surface area contributed by atoms with Crippen molar-refractivity contribution in [3.63, 3.8) is 0 Å². The number of methoxy groups -OCH3 is 1. The zero-order valence-corrected chi connectivity index (χ0v) is 11.9. The molecule has 0 aromatic rings. The highest BCUT2D eigenvalue weighted by atomic mass is 16.5. The molecule has 4 nitrogen and oxygen atoms in total. The lowest BCUT2D eigenvalue weighted by Gasteiger charge is -2.41. The molecule has 1 aliphatic heterocycles. The molecule has 1 aliphatic carbocycles. The van der Waals surface area contributed by atoms with Gasteiger partial charge in [-0.05, 0) is 38.1 Å². The Balaban J connectivity index is 1.91. The third-order valence-electron chi connectivity index (χ3n) is 4.29. The van der Waals surface area contributed by atoms with Crippen molar-refractivity contribution in [1.82, 2.24) is 10.2 Å². The van der Waals surface area contributed by atoms with Gasteiger partial charge in [-0.2, -0.15) is 0 Å². The lowest BCUT2D eigenvalue weighted by atomic mass is 9.79. The van der Waals surface area contributed by atoms with E-state index in [0.717, 1.165) is 39.0 Å². The summed E-state index contributed by atoms with van der Waals surface area (Å²) in [7, 11) is 3.86. The van der Waals surface area contributed by atoms with E-state index in [4.69, 9.17) is 9.47 Å². The Bertz CT molecular complexity index is 232. The third-order valence-corrected chi connectivity index (χ3v) is 4.29. The fourth-order valence-corrected chi connectivity index (χ4v) is 3.04. The minimum absolute atomic E-state index is 0.406. The molecule has 0 amide bonds. The minimum Gasteiger partial charge on any atom is -0.383 e. The molecule has 1 saturated heterocycles. The van der Waals surface area contributed by atoms with E-state index in [0.29, 0.717) is 5.41 Å². The van der Waals surface area contributed by atoms with Crippen molar-refractivity contribution in [3.8, 4) is 0 Å². The van der Waals surface area contributed by atoms with Gasteiger partial charge in [0.05, 0.1) is 6.61 Å². The molecule has 1 heterocycles. The third kappa shape index (κ3) is 3.92. The summed E-state index contributed by atoms with van der Waals surface area (Å²) < 4.78 is 10.8. The van der Waals surface area contributed by atoms with Crippen LogP contribution in [0.1, 0.15) is 25.7 Å². The number of hydrogen-bond acceptors (Lipinski definition) is 4. The van der Waals surface area contributed by atoms with Crippen molar-refractivity contribution in [3.05, 3.63) is 0 Å². The van der Waals surface area contributed by atoms with Crippen LogP contribution < -0.4 is 5.32 Å². The maximum absolute atomic E-state index is 5.54. The van der Waals surface area contributed by atoms with E-state index in [1.165, 1.54) is 32.2 Å². The molecule has 106 valence electrons. The SMILES string of the molecule is CNCC1(CN(CCOC)C2CC2)CCOCC1. The van der Waals surface area contributed by atoms with Gasteiger partial charge in [0, 0.05) is 46.0 Å². The van der Waals surface area contributed by atoms with E-state index in [1.54, 1.807) is 7.11 Å². The second-order valence-electron chi connectivity index (χ2n) is 5.84. The normalized spacial score (nSPS) is 23.5. The molecule has 0 bridgehead atoms. The van der Waals surface area contributed by atoms with Gasteiger partial charge in [-0.25, -0.2) is 0 Å². The van der Waals surface area contributed by atoms with Gasteiger partial charge in [-0.1, -0.05) is 0 Å². The van der Waals surface area contributed by atoms with Crippen LogP contribution in [0.5, 0.6) is 0 Å². The van der Waals surface area contributed by atoms with Crippen LogP contribution in [0.3, 0.4) is 0 Å². The molecule has 1 saturated carbocycles. The lowest BCUT2D eigenvalue weighted by molar-refractivity contribution is -0.00843. The quantitative estimate of drug-likeness (QED) is 0.705. The Morgan fingerprint density at radius 1 is 1.33 bits per heavy atom. The van der Waals surface area contributed by atoms with Crippen molar-refractivity contribution in [2.75, 3.05) is 53.6 Å². The molecule has 0 unspecified atom stereocenters. The first-order chi connectivity index (χ1) is 8.79. The molecular weight excluding hydrogens is 228 g/mol. The minimum atomic E-state index is 0.406. The zero-order chi connectivity index (χ0) is 12.8. The first-order valence-electron chi connectivity index (χ1n) is 7.25. The summed E-state index contributed by atoms with van der Waals surface area (Å²) in [6, 6.07) is 0.816. The molecule has 0 radical (unpaired) electrons.